The van der Waals surface area contributed by atoms with E-state index in [1.165, 1.54) is 44.1 Å². The topological polar surface area (TPSA) is 159 Å². The Kier molecular flexibility index (Phi) is 3.94. The predicted octanol–water partition coefficient (Wildman–Crippen LogP) is -0.0991. The largest absolute Gasteiger partial charge is 0.510 e. The molecule has 0 fully saturated rings. The molecule has 0 aromatic heterocycles. The molecule has 0 aliphatic heterocycles. The lowest BCUT2D eigenvalue weighted by Gasteiger charge is -2.54. The zero-order chi connectivity index (χ0) is 23.2. The van der Waals surface area contributed by atoms with Gasteiger partial charge in [0.2, 0.25) is 0 Å². The minimum atomic E-state index is -2.89. The van der Waals surface area contributed by atoms with Gasteiger partial charge in [-0.3, -0.25) is 14.5 Å². The van der Waals surface area contributed by atoms with E-state index < -0.39 is 75.6 Å². The second-order valence-corrected chi connectivity index (χ2v) is 8.45. The number of aromatic hydroxyl groups is 1. The van der Waals surface area contributed by atoms with Gasteiger partial charge >= 0.3 is 0 Å². The predicted molar refractivity (Wildman–Crippen MR) is 103 cm³/mol. The van der Waals surface area contributed by atoms with Crippen molar-refractivity contribution in [3.05, 3.63) is 52.5 Å². The number of nitrogens with zero attached hydrogens (tertiary/aromatic N) is 1. The van der Waals surface area contributed by atoms with E-state index in [9.17, 15) is 40.2 Å². The fourth-order valence-corrected chi connectivity index (χ4v) is 5.20. The highest BCUT2D eigenvalue weighted by atomic mass is 16.4. The third-order valence-electron chi connectivity index (χ3n) is 6.55. The Morgan fingerprint density at radius 2 is 1.77 bits per heavy atom. The van der Waals surface area contributed by atoms with Gasteiger partial charge in [-0.2, -0.15) is 0 Å². The van der Waals surface area contributed by atoms with Gasteiger partial charge in [-0.25, -0.2) is 0 Å². The maximum absolute atomic E-state index is 13.3. The second-order valence-electron chi connectivity index (χ2n) is 8.45. The van der Waals surface area contributed by atoms with Gasteiger partial charge in [0.15, 0.2) is 17.2 Å². The number of benzene rings is 1. The van der Waals surface area contributed by atoms with E-state index in [4.69, 9.17) is 1.37 Å². The molecule has 0 saturated heterocycles. The number of hydrogen-bond acceptors (Lipinski definition) is 9. The van der Waals surface area contributed by atoms with Crippen molar-refractivity contribution in [3.8, 4) is 5.75 Å². The summed E-state index contributed by atoms with van der Waals surface area (Å²) < 4.78 is 7.93. The van der Waals surface area contributed by atoms with Crippen molar-refractivity contribution in [2.75, 3.05) is 14.1 Å². The van der Waals surface area contributed by atoms with E-state index in [2.05, 4.69) is 0 Å². The summed E-state index contributed by atoms with van der Waals surface area (Å²) in [7, 11) is 2.95. The third kappa shape index (κ3) is 2.26. The van der Waals surface area contributed by atoms with Crippen LogP contribution >= 0.6 is 0 Å². The number of Topliss-reactive ketones (excluding diaryl/α,β-unsaturated/α-hetero) is 1. The van der Waals surface area contributed by atoms with Crippen LogP contribution in [0.2, 0.25) is 0 Å². The zero-order valence-electron chi connectivity index (χ0n) is 17.5. The Labute approximate surface area is 173 Å². The SMILES string of the molecule is [2H]C1=C(O)[C@@H](N(C)C)[C@@H]2[C@@H](O)[C@H]3C(=C(O)[C@]2(O)C1=O)C(=O)c1c(O)cccc1[C@@]3(C)O. The van der Waals surface area contributed by atoms with Gasteiger partial charge < -0.3 is 30.6 Å². The molecule has 0 bridgehead atoms. The number of ketones is 2. The van der Waals surface area contributed by atoms with E-state index in [1.807, 2.05) is 0 Å². The van der Waals surface area contributed by atoms with Crippen molar-refractivity contribution in [2.24, 2.45) is 11.8 Å². The molecule has 9 nitrogen and oxygen atoms in total. The first-order chi connectivity index (χ1) is 14.3. The Bertz CT molecular complexity index is 1090. The summed E-state index contributed by atoms with van der Waals surface area (Å²) in [6.07, 6.45) is -1.79. The van der Waals surface area contributed by atoms with Crippen LogP contribution in [0.1, 0.15) is 24.2 Å². The van der Waals surface area contributed by atoms with Crippen molar-refractivity contribution in [2.45, 2.75) is 30.3 Å². The number of phenols is 1. The molecule has 1 aromatic carbocycles. The first-order valence-corrected chi connectivity index (χ1v) is 9.34. The standard InChI is InChI=1S/C21H23NO8/c1-20(29)8-5-4-6-9(23)12(8)17(26)13-14(20)18(27)15-16(22(2)3)10(24)7-11(25)21(15,30)19(13)28/h4-7,14-16,18,23-24,27-30H,1-3H3/t14-,15-,16-,18+,20-,21+/m1/s1/i7D. The van der Waals surface area contributed by atoms with Gasteiger partial charge in [-0.15, -0.1) is 0 Å². The lowest BCUT2D eigenvalue weighted by atomic mass is 9.55. The van der Waals surface area contributed by atoms with Crippen LogP contribution in [0, 0.1) is 11.8 Å². The van der Waals surface area contributed by atoms with Crippen LogP contribution in [0.3, 0.4) is 0 Å². The molecule has 6 N–H and O–H groups in total. The Morgan fingerprint density at radius 1 is 1.13 bits per heavy atom. The van der Waals surface area contributed by atoms with Crippen LogP contribution in [0.25, 0.3) is 0 Å². The van der Waals surface area contributed by atoms with Gasteiger partial charge in [-0.1, -0.05) is 12.1 Å². The summed E-state index contributed by atoms with van der Waals surface area (Å²) in [5, 5.41) is 65.8. The van der Waals surface area contributed by atoms with Crippen LogP contribution in [0.5, 0.6) is 5.75 Å². The Hall–Kier alpha value is -2.72. The number of carbonyl (C=O) groups excluding carboxylic acids is 2. The molecule has 3 aliphatic carbocycles. The van der Waals surface area contributed by atoms with E-state index in [1.54, 1.807) is 0 Å². The molecular weight excluding hydrogens is 394 g/mol. The fraction of sp³-hybridized carbons (Fsp3) is 0.429. The molecule has 30 heavy (non-hydrogen) atoms. The molecule has 0 radical (unpaired) electrons. The summed E-state index contributed by atoms with van der Waals surface area (Å²) >= 11 is 0. The lowest BCUT2D eigenvalue weighted by molar-refractivity contribution is -0.171. The van der Waals surface area contributed by atoms with E-state index in [-0.39, 0.29) is 11.1 Å². The number of fused-ring (bicyclic) bond motifs is 3. The highest BCUT2D eigenvalue weighted by Gasteiger charge is 2.67. The van der Waals surface area contributed by atoms with Crippen LogP contribution in [-0.4, -0.2) is 78.9 Å². The highest BCUT2D eigenvalue weighted by Crippen LogP contribution is 2.55. The van der Waals surface area contributed by atoms with Crippen molar-refractivity contribution in [3.63, 3.8) is 0 Å². The van der Waals surface area contributed by atoms with Crippen molar-refractivity contribution in [1.82, 2.24) is 4.90 Å². The molecule has 6 atom stereocenters. The summed E-state index contributed by atoms with van der Waals surface area (Å²) in [5.41, 5.74) is -5.82. The molecule has 4 rings (SSSR count). The highest BCUT2D eigenvalue weighted by molar-refractivity contribution is 6.15. The minimum Gasteiger partial charge on any atom is -0.510 e. The van der Waals surface area contributed by atoms with Crippen molar-refractivity contribution in [1.29, 1.82) is 0 Å². The zero-order valence-corrected chi connectivity index (χ0v) is 16.5. The number of likely N-dealkylation sites (N-methyl/N-ethyl adjacent to an activating group) is 1. The third-order valence-corrected chi connectivity index (χ3v) is 6.55. The average molecular weight is 418 g/mol. The number of hydrogen-bond donors (Lipinski definition) is 6. The van der Waals surface area contributed by atoms with Crippen LogP contribution in [0.15, 0.2) is 41.3 Å². The molecule has 0 amide bonds. The van der Waals surface area contributed by atoms with E-state index in [0.29, 0.717) is 0 Å². The van der Waals surface area contributed by atoms with Gasteiger partial charge in [0, 0.05) is 6.05 Å². The number of rotatable bonds is 1. The summed E-state index contributed by atoms with van der Waals surface area (Å²) in [4.78, 5) is 27.5. The molecule has 0 heterocycles. The molecule has 9 heteroatoms. The van der Waals surface area contributed by atoms with Crippen LogP contribution in [0.4, 0.5) is 0 Å². The maximum atomic E-state index is 13.3. The van der Waals surface area contributed by atoms with Gasteiger partial charge in [0.1, 0.15) is 17.3 Å². The first-order valence-electron chi connectivity index (χ1n) is 9.84. The number of carbonyl (C=O) groups is 2. The molecule has 3 aliphatic rings. The molecule has 1 aromatic rings. The van der Waals surface area contributed by atoms with Crippen molar-refractivity contribution >= 4 is 11.6 Å². The number of aliphatic hydroxyl groups excluding tert-OH is 3. The Balaban J connectivity index is 2.09. The maximum Gasteiger partial charge on any atom is 0.198 e. The monoisotopic (exact) mass is 418 g/mol. The smallest absolute Gasteiger partial charge is 0.198 e. The summed E-state index contributed by atoms with van der Waals surface area (Å²) in [6.45, 7) is 1.28. The average Bonchev–Trinajstić information content (AvgIpc) is 2.69. The second kappa shape index (κ2) is 6.14. The molecule has 160 valence electrons. The lowest BCUT2D eigenvalue weighted by Crippen LogP contribution is -2.68. The van der Waals surface area contributed by atoms with E-state index >= 15 is 0 Å². The molecule has 0 spiro atoms. The molecule has 0 saturated carbocycles. The van der Waals surface area contributed by atoms with Gasteiger partial charge in [0.05, 0.1) is 42.1 Å². The van der Waals surface area contributed by atoms with Gasteiger partial charge in [-0.05, 0) is 32.6 Å². The fourth-order valence-electron chi connectivity index (χ4n) is 5.20. The van der Waals surface area contributed by atoms with Crippen LogP contribution < -0.4 is 0 Å². The van der Waals surface area contributed by atoms with Crippen LogP contribution in [-0.2, 0) is 10.4 Å². The normalized spacial score (nSPS) is 39.0. The van der Waals surface area contributed by atoms with E-state index in [0.717, 1.165) is 0 Å². The quantitative estimate of drug-likeness (QED) is 0.366. The summed E-state index contributed by atoms with van der Waals surface area (Å²) in [5.74, 6) is -7.74. The number of aliphatic hydroxyl groups is 5. The molecular formula is C21H23NO8. The molecule has 0 unspecified atom stereocenters. The first kappa shape index (κ1) is 19.3. The summed E-state index contributed by atoms with van der Waals surface area (Å²) in [6, 6.07) is 1.77. The van der Waals surface area contributed by atoms with Crippen molar-refractivity contribution < 1.29 is 41.6 Å². The Morgan fingerprint density at radius 3 is 2.37 bits per heavy atom. The minimum absolute atomic E-state index is 0.00743. The number of phenolic OH excluding ortho intramolecular Hbond substituents is 1. The van der Waals surface area contributed by atoms with Gasteiger partial charge in [0.25, 0.3) is 0 Å².